The fourth-order valence-corrected chi connectivity index (χ4v) is 2.43. The van der Waals surface area contributed by atoms with Crippen molar-refractivity contribution < 1.29 is 9.84 Å². The number of para-hydroxylation sites is 1. The van der Waals surface area contributed by atoms with Crippen molar-refractivity contribution in [2.24, 2.45) is 0 Å². The van der Waals surface area contributed by atoms with Crippen LogP contribution >= 0.6 is 0 Å². The number of hydrogen-bond acceptors (Lipinski definition) is 3. The SMILES string of the molecule is COc1cccc(CN(C)c2ccc(C)cc2C)c1O. The quantitative estimate of drug-likeness (QED) is 0.921. The topological polar surface area (TPSA) is 32.7 Å². The first-order valence-corrected chi connectivity index (χ1v) is 6.66. The smallest absolute Gasteiger partial charge is 0.162 e. The van der Waals surface area contributed by atoms with Crippen molar-refractivity contribution in [3.05, 3.63) is 53.1 Å². The fraction of sp³-hybridized carbons (Fsp3) is 0.294. The van der Waals surface area contributed by atoms with Gasteiger partial charge in [0.1, 0.15) is 0 Å². The molecule has 0 unspecified atom stereocenters. The molecule has 0 fully saturated rings. The van der Waals surface area contributed by atoms with Crippen molar-refractivity contribution >= 4 is 5.69 Å². The van der Waals surface area contributed by atoms with Crippen LogP contribution in [0.4, 0.5) is 5.69 Å². The number of ether oxygens (including phenoxy) is 1. The van der Waals surface area contributed by atoms with Gasteiger partial charge in [0.15, 0.2) is 11.5 Å². The predicted molar refractivity (Wildman–Crippen MR) is 82.7 cm³/mol. The van der Waals surface area contributed by atoms with E-state index in [-0.39, 0.29) is 5.75 Å². The molecule has 0 bridgehead atoms. The van der Waals surface area contributed by atoms with Gasteiger partial charge in [0.05, 0.1) is 7.11 Å². The number of aromatic hydroxyl groups is 1. The van der Waals surface area contributed by atoms with Gasteiger partial charge in [0, 0.05) is 24.8 Å². The summed E-state index contributed by atoms with van der Waals surface area (Å²) in [4.78, 5) is 2.13. The summed E-state index contributed by atoms with van der Waals surface area (Å²) in [5.41, 5.74) is 4.50. The molecule has 0 aliphatic heterocycles. The third-order valence-electron chi connectivity index (χ3n) is 3.47. The summed E-state index contributed by atoms with van der Waals surface area (Å²) in [7, 11) is 3.59. The van der Waals surface area contributed by atoms with Crippen molar-refractivity contribution in [1.82, 2.24) is 0 Å². The number of aryl methyl sites for hydroxylation is 2. The fourth-order valence-electron chi connectivity index (χ4n) is 2.43. The van der Waals surface area contributed by atoms with E-state index in [1.165, 1.54) is 11.1 Å². The van der Waals surface area contributed by atoms with Crippen LogP contribution in [0.5, 0.6) is 11.5 Å². The molecule has 0 aliphatic carbocycles. The molecule has 2 rings (SSSR count). The highest BCUT2D eigenvalue weighted by Gasteiger charge is 2.11. The van der Waals surface area contributed by atoms with Gasteiger partial charge in [-0.05, 0) is 31.5 Å². The zero-order chi connectivity index (χ0) is 14.7. The highest BCUT2D eigenvalue weighted by atomic mass is 16.5. The maximum absolute atomic E-state index is 10.1. The van der Waals surface area contributed by atoms with E-state index in [1.807, 2.05) is 19.2 Å². The van der Waals surface area contributed by atoms with Crippen LogP contribution in [0, 0.1) is 13.8 Å². The largest absolute Gasteiger partial charge is 0.504 e. The minimum absolute atomic E-state index is 0.214. The maximum atomic E-state index is 10.1. The van der Waals surface area contributed by atoms with Gasteiger partial charge >= 0.3 is 0 Å². The normalized spacial score (nSPS) is 10.4. The van der Waals surface area contributed by atoms with Crippen LogP contribution < -0.4 is 9.64 Å². The highest BCUT2D eigenvalue weighted by molar-refractivity contribution is 5.55. The average molecular weight is 271 g/mol. The Kier molecular flexibility index (Phi) is 4.18. The first kappa shape index (κ1) is 14.3. The Morgan fingerprint density at radius 1 is 1.15 bits per heavy atom. The van der Waals surface area contributed by atoms with Crippen molar-refractivity contribution in [3.8, 4) is 11.5 Å². The third-order valence-corrected chi connectivity index (χ3v) is 3.47. The third kappa shape index (κ3) is 2.87. The van der Waals surface area contributed by atoms with E-state index in [1.54, 1.807) is 13.2 Å². The minimum atomic E-state index is 0.214. The molecule has 20 heavy (non-hydrogen) atoms. The number of benzene rings is 2. The molecule has 0 spiro atoms. The predicted octanol–water partition coefficient (Wildman–Crippen LogP) is 3.65. The van der Waals surface area contributed by atoms with Gasteiger partial charge in [-0.25, -0.2) is 0 Å². The molecule has 2 aromatic carbocycles. The summed E-state index contributed by atoms with van der Waals surface area (Å²) in [6, 6.07) is 11.9. The van der Waals surface area contributed by atoms with Crippen molar-refractivity contribution in [1.29, 1.82) is 0 Å². The second-order valence-corrected chi connectivity index (χ2v) is 5.11. The zero-order valence-electron chi connectivity index (χ0n) is 12.5. The number of phenolic OH excluding ortho intramolecular Hbond substituents is 1. The van der Waals surface area contributed by atoms with Crippen LogP contribution in [-0.2, 0) is 6.54 Å². The van der Waals surface area contributed by atoms with E-state index < -0.39 is 0 Å². The molecule has 0 saturated heterocycles. The lowest BCUT2D eigenvalue weighted by Gasteiger charge is -2.22. The summed E-state index contributed by atoms with van der Waals surface area (Å²) in [5, 5.41) is 10.1. The average Bonchev–Trinajstić information content (AvgIpc) is 2.41. The molecule has 3 nitrogen and oxygen atoms in total. The van der Waals surface area contributed by atoms with Gasteiger partial charge in [-0.15, -0.1) is 0 Å². The summed E-state index contributed by atoms with van der Waals surface area (Å²) < 4.78 is 5.14. The Hall–Kier alpha value is -2.16. The van der Waals surface area contributed by atoms with E-state index in [0.29, 0.717) is 12.3 Å². The molecule has 2 aromatic rings. The van der Waals surface area contributed by atoms with E-state index in [9.17, 15) is 5.11 Å². The first-order chi connectivity index (χ1) is 9.52. The summed E-state index contributed by atoms with van der Waals surface area (Å²) in [6.45, 7) is 4.82. The molecule has 1 N–H and O–H groups in total. The number of methoxy groups -OCH3 is 1. The van der Waals surface area contributed by atoms with Crippen molar-refractivity contribution in [2.75, 3.05) is 19.1 Å². The Morgan fingerprint density at radius 2 is 1.90 bits per heavy atom. The lowest BCUT2D eigenvalue weighted by molar-refractivity contribution is 0.370. The monoisotopic (exact) mass is 271 g/mol. The maximum Gasteiger partial charge on any atom is 0.162 e. The van der Waals surface area contributed by atoms with Crippen LogP contribution in [0.3, 0.4) is 0 Å². The Bertz CT molecular complexity index is 608. The van der Waals surface area contributed by atoms with E-state index in [4.69, 9.17) is 4.74 Å². The van der Waals surface area contributed by atoms with Crippen molar-refractivity contribution in [3.63, 3.8) is 0 Å². The van der Waals surface area contributed by atoms with Crippen LogP contribution in [-0.4, -0.2) is 19.3 Å². The lowest BCUT2D eigenvalue weighted by Crippen LogP contribution is -2.17. The van der Waals surface area contributed by atoms with Crippen molar-refractivity contribution in [2.45, 2.75) is 20.4 Å². The van der Waals surface area contributed by atoms with Crippen LogP contribution in [0.15, 0.2) is 36.4 Å². The number of anilines is 1. The van der Waals surface area contributed by atoms with Gasteiger partial charge < -0.3 is 14.7 Å². The lowest BCUT2D eigenvalue weighted by atomic mass is 10.1. The standard InChI is InChI=1S/C17H21NO2/c1-12-8-9-15(13(2)10-12)18(3)11-14-6-5-7-16(20-4)17(14)19/h5-10,19H,11H2,1-4H3. The van der Waals surface area contributed by atoms with Gasteiger partial charge in [-0.3, -0.25) is 0 Å². The molecule has 3 heteroatoms. The van der Waals surface area contributed by atoms with Gasteiger partial charge in [0.2, 0.25) is 0 Å². The van der Waals surface area contributed by atoms with Crippen LogP contribution in [0.25, 0.3) is 0 Å². The first-order valence-electron chi connectivity index (χ1n) is 6.66. The molecule has 0 amide bonds. The molecule has 0 saturated carbocycles. The molecular weight excluding hydrogens is 250 g/mol. The van der Waals surface area contributed by atoms with E-state index >= 15 is 0 Å². The molecule has 0 heterocycles. The molecular formula is C17H21NO2. The molecule has 0 aliphatic rings. The molecule has 0 atom stereocenters. The second kappa shape index (κ2) is 5.87. The van der Waals surface area contributed by atoms with Gasteiger partial charge in [-0.2, -0.15) is 0 Å². The van der Waals surface area contributed by atoms with Crippen LogP contribution in [0.2, 0.25) is 0 Å². The highest BCUT2D eigenvalue weighted by Crippen LogP contribution is 2.31. The number of nitrogens with zero attached hydrogens (tertiary/aromatic N) is 1. The van der Waals surface area contributed by atoms with E-state index in [0.717, 1.165) is 11.3 Å². The second-order valence-electron chi connectivity index (χ2n) is 5.11. The van der Waals surface area contributed by atoms with Gasteiger partial charge in [-0.1, -0.05) is 29.8 Å². The number of hydrogen-bond donors (Lipinski definition) is 1. The summed E-state index contributed by atoms with van der Waals surface area (Å²) >= 11 is 0. The summed E-state index contributed by atoms with van der Waals surface area (Å²) in [5.74, 6) is 0.725. The molecule has 0 aromatic heterocycles. The van der Waals surface area contributed by atoms with E-state index in [2.05, 4.69) is 36.9 Å². The minimum Gasteiger partial charge on any atom is -0.504 e. The number of rotatable bonds is 4. The Balaban J connectivity index is 2.25. The molecule has 0 radical (unpaired) electrons. The Labute approximate surface area is 120 Å². The molecule has 106 valence electrons. The van der Waals surface area contributed by atoms with Crippen LogP contribution in [0.1, 0.15) is 16.7 Å². The summed E-state index contributed by atoms with van der Waals surface area (Å²) in [6.07, 6.45) is 0. The zero-order valence-corrected chi connectivity index (χ0v) is 12.5. The Morgan fingerprint density at radius 3 is 2.55 bits per heavy atom. The number of phenols is 1. The van der Waals surface area contributed by atoms with Gasteiger partial charge in [0.25, 0.3) is 0 Å².